The second-order valence-electron chi connectivity index (χ2n) is 5.32. The SMILES string of the molecule is COC(=O)[C@@H]1CSCCN1S(=O)(=O)c1c(C)cc(OC)cc1C. The molecule has 0 N–H and O–H groups in total. The number of thioether (sulfide) groups is 1. The van der Waals surface area contributed by atoms with Gasteiger partial charge in [0, 0.05) is 18.1 Å². The zero-order chi connectivity index (χ0) is 17.2. The highest BCUT2D eigenvalue weighted by atomic mass is 32.2. The lowest BCUT2D eigenvalue weighted by molar-refractivity contribution is -0.144. The topological polar surface area (TPSA) is 72.9 Å². The molecule has 1 saturated heterocycles. The number of carbonyl (C=O) groups excluding carboxylic acids is 1. The van der Waals surface area contributed by atoms with Crippen molar-refractivity contribution in [3.63, 3.8) is 0 Å². The van der Waals surface area contributed by atoms with Crippen molar-refractivity contribution in [2.24, 2.45) is 0 Å². The predicted octanol–water partition coefficient (Wildman–Crippen LogP) is 1.59. The van der Waals surface area contributed by atoms with Crippen LogP contribution in [0.2, 0.25) is 0 Å². The van der Waals surface area contributed by atoms with E-state index in [1.807, 2.05) is 0 Å². The van der Waals surface area contributed by atoms with Gasteiger partial charge in [-0.05, 0) is 37.1 Å². The van der Waals surface area contributed by atoms with Gasteiger partial charge in [-0.3, -0.25) is 4.79 Å². The van der Waals surface area contributed by atoms with Gasteiger partial charge in [-0.15, -0.1) is 0 Å². The molecule has 6 nitrogen and oxygen atoms in total. The van der Waals surface area contributed by atoms with Crippen LogP contribution in [0.3, 0.4) is 0 Å². The Morgan fingerprint density at radius 3 is 2.39 bits per heavy atom. The van der Waals surface area contributed by atoms with Crippen molar-refractivity contribution >= 4 is 27.8 Å². The summed E-state index contributed by atoms with van der Waals surface area (Å²) in [5.41, 5.74) is 1.20. The first-order chi connectivity index (χ1) is 10.8. The minimum Gasteiger partial charge on any atom is -0.497 e. The molecule has 0 saturated carbocycles. The Morgan fingerprint density at radius 1 is 1.26 bits per heavy atom. The molecule has 2 rings (SSSR count). The Balaban J connectivity index is 2.50. The molecule has 1 aromatic rings. The number of benzene rings is 1. The van der Waals surface area contributed by atoms with E-state index in [2.05, 4.69) is 0 Å². The van der Waals surface area contributed by atoms with E-state index < -0.39 is 22.0 Å². The highest BCUT2D eigenvalue weighted by Crippen LogP contribution is 2.31. The molecule has 1 aromatic carbocycles. The Morgan fingerprint density at radius 2 is 1.87 bits per heavy atom. The van der Waals surface area contributed by atoms with Gasteiger partial charge in [0.25, 0.3) is 0 Å². The molecular formula is C15H21NO5S2. The number of aryl methyl sites for hydroxylation is 2. The van der Waals surface area contributed by atoms with Gasteiger partial charge in [0.05, 0.1) is 19.1 Å². The van der Waals surface area contributed by atoms with Gasteiger partial charge in [-0.2, -0.15) is 16.1 Å². The zero-order valence-electron chi connectivity index (χ0n) is 13.7. The van der Waals surface area contributed by atoms with Gasteiger partial charge in [0.1, 0.15) is 11.8 Å². The van der Waals surface area contributed by atoms with Gasteiger partial charge in [0.2, 0.25) is 10.0 Å². The number of sulfonamides is 1. The van der Waals surface area contributed by atoms with Crippen molar-refractivity contribution in [3.05, 3.63) is 23.3 Å². The maximum Gasteiger partial charge on any atom is 0.325 e. The van der Waals surface area contributed by atoms with E-state index in [0.717, 1.165) is 0 Å². The van der Waals surface area contributed by atoms with Crippen molar-refractivity contribution < 1.29 is 22.7 Å². The van der Waals surface area contributed by atoms with E-state index in [1.54, 1.807) is 37.7 Å². The van der Waals surface area contributed by atoms with Crippen LogP contribution >= 0.6 is 11.8 Å². The molecule has 0 spiro atoms. The molecule has 0 amide bonds. The zero-order valence-corrected chi connectivity index (χ0v) is 15.3. The maximum absolute atomic E-state index is 13.1. The summed E-state index contributed by atoms with van der Waals surface area (Å²) in [5, 5.41) is 0. The van der Waals surface area contributed by atoms with Crippen LogP contribution in [0.15, 0.2) is 17.0 Å². The summed E-state index contributed by atoms with van der Waals surface area (Å²) in [5.74, 6) is 1.14. The molecule has 0 aliphatic carbocycles. The summed E-state index contributed by atoms with van der Waals surface area (Å²) in [6.45, 7) is 3.75. The van der Waals surface area contributed by atoms with Gasteiger partial charge in [0.15, 0.2) is 0 Å². The third-order valence-corrected chi connectivity index (χ3v) is 7.03. The minimum absolute atomic E-state index is 0.235. The van der Waals surface area contributed by atoms with Crippen LogP contribution in [0.25, 0.3) is 0 Å². The number of rotatable bonds is 4. The average Bonchev–Trinajstić information content (AvgIpc) is 2.53. The second kappa shape index (κ2) is 7.11. The number of hydrogen-bond donors (Lipinski definition) is 0. The number of nitrogens with zero attached hydrogens (tertiary/aromatic N) is 1. The van der Waals surface area contributed by atoms with E-state index >= 15 is 0 Å². The Kier molecular flexibility index (Phi) is 5.59. The molecule has 1 aliphatic heterocycles. The smallest absolute Gasteiger partial charge is 0.325 e. The van der Waals surface area contributed by atoms with Gasteiger partial charge < -0.3 is 9.47 Å². The largest absolute Gasteiger partial charge is 0.497 e. The fourth-order valence-electron chi connectivity index (χ4n) is 2.75. The third-order valence-electron chi connectivity index (χ3n) is 3.79. The number of hydrogen-bond acceptors (Lipinski definition) is 6. The van der Waals surface area contributed by atoms with Crippen LogP contribution in [0.1, 0.15) is 11.1 Å². The van der Waals surface area contributed by atoms with E-state index in [1.165, 1.54) is 18.5 Å². The quantitative estimate of drug-likeness (QED) is 0.760. The Labute approximate surface area is 141 Å². The normalized spacial score (nSPS) is 19.4. The first-order valence-corrected chi connectivity index (χ1v) is 9.75. The lowest BCUT2D eigenvalue weighted by Gasteiger charge is -2.33. The van der Waals surface area contributed by atoms with Gasteiger partial charge in [-0.25, -0.2) is 8.42 Å². The molecule has 23 heavy (non-hydrogen) atoms. The van der Waals surface area contributed by atoms with Crippen molar-refractivity contribution in [3.8, 4) is 5.75 Å². The van der Waals surface area contributed by atoms with Crippen molar-refractivity contribution in [2.75, 3.05) is 32.3 Å². The van der Waals surface area contributed by atoms with E-state index in [4.69, 9.17) is 9.47 Å². The maximum atomic E-state index is 13.1. The first kappa shape index (κ1) is 18.1. The number of esters is 1. The molecule has 1 aliphatic rings. The summed E-state index contributed by atoms with van der Waals surface area (Å²) in [6, 6.07) is 2.59. The summed E-state index contributed by atoms with van der Waals surface area (Å²) >= 11 is 1.55. The summed E-state index contributed by atoms with van der Waals surface area (Å²) in [6.07, 6.45) is 0. The molecule has 0 aromatic heterocycles. The van der Waals surface area contributed by atoms with Gasteiger partial charge >= 0.3 is 5.97 Å². The molecule has 1 atom stereocenters. The third kappa shape index (κ3) is 3.49. The second-order valence-corrected chi connectivity index (χ2v) is 8.30. The van der Waals surface area contributed by atoms with Crippen LogP contribution < -0.4 is 4.74 Å². The van der Waals surface area contributed by atoms with E-state index in [-0.39, 0.29) is 11.4 Å². The van der Waals surface area contributed by atoms with Crippen molar-refractivity contribution in [1.82, 2.24) is 4.31 Å². The molecule has 8 heteroatoms. The van der Waals surface area contributed by atoms with Crippen LogP contribution in [0.4, 0.5) is 0 Å². The number of carbonyl (C=O) groups is 1. The summed E-state index contributed by atoms with van der Waals surface area (Å²) in [7, 11) is -0.976. The summed E-state index contributed by atoms with van der Waals surface area (Å²) < 4.78 is 37.5. The molecule has 0 unspecified atom stereocenters. The molecule has 1 fully saturated rings. The van der Waals surface area contributed by atoms with E-state index in [9.17, 15) is 13.2 Å². The van der Waals surface area contributed by atoms with Crippen molar-refractivity contribution in [1.29, 1.82) is 0 Å². The number of ether oxygens (including phenoxy) is 2. The first-order valence-electron chi connectivity index (χ1n) is 7.15. The monoisotopic (exact) mass is 359 g/mol. The minimum atomic E-state index is -3.79. The standard InChI is InChI=1S/C15H21NO5S2/c1-10-7-12(20-3)8-11(2)14(10)23(18,19)16-5-6-22-9-13(16)15(17)21-4/h7-8,13H,5-6,9H2,1-4H3/t13-/m0/s1. The number of methoxy groups -OCH3 is 2. The van der Waals surface area contributed by atoms with Crippen molar-refractivity contribution in [2.45, 2.75) is 24.8 Å². The fourth-order valence-corrected chi connectivity index (χ4v) is 5.99. The van der Waals surface area contributed by atoms with Gasteiger partial charge in [-0.1, -0.05) is 0 Å². The Hall–Kier alpha value is -1.25. The van der Waals surface area contributed by atoms with Crippen LogP contribution in [0.5, 0.6) is 5.75 Å². The molecular weight excluding hydrogens is 338 g/mol. The fraction of sp³-hybridized carbons (Fsp3) is 0.533. The average molecular weight is 359 g/mol. The van der Waals surface area contributed by atoms with E-state index in [0.29, 0.717) is 28.4 Å². The van der Waals surface area contributed by atoms with Crippen LogP contribution in [-0.4, -0.2) is 57.0 Å². The molecule has 0 radical (unpaired) electrons. The lowest BCUT2D eigenvalue weighted by Crippen LogP contribution is -2.50. The Bertz CT molecular complexity index is 679. The lowest BCUT2D eigenvalue weighted by atomic mass is 10.1. The molecule has 0 bridgehead atoms. The highest BCUT2D eigenvalue weighted by Gasteiger charge is 2.39. The van der Waals surface area contributed by atoms with Crippen LogP contribution in [0, 0.1) is 13.8 Å². The summed E-state index contributed by atoms with van der Waals surface area (Å²) in [4.78, 5) is 12.2. The van der Waals surface area contributed by atoms with Crippen LogP contribution in [-0.2, 0) is 19.6 Å². The molecule has 1 heterocycles. The molecule has 128 valence electrons. The highest BCUT2D eigenvalue weighted by molar-refractivity contribution is 7.99. The predicted molar refractivity (Wildman–Crippen MR) is 89.5 cm³/mol.